The molecule has 68 valence electrons. The number of nitrogens with zero attached hydrogens (tertiary/aromatic N) is 2. The molecular formula is C10H18N2. The summed E-state index contributed by atoms with van der Waals surface area (Å²) in [6, 6.07) is 2.19. The van der Waals surface area contributed by atoms with Crippen molar-refractivity contribution < 1.29 is 0 Å². The molecule has 1 aliphatic rings. The average molecular weight is 166 g/mol. The van der Waals surface area contributed by atoms with Crippen LogP contribution in [0.4, 0.5) is 0 Å². The van der Waals surface area contributed by atoms with E-state index in [2.05, 4.69) is 17.9 Å². The van der Waals surface area contributed by atoms with E-state index >= 15 is 0 Å². The predicted octanol–water partition coefficient (Wildman–Crippen LogP) is 2.02. The minimum Gasteiger partial charge on any atom is -0.303 e. The van der Waals surface area contributed by atoms with E-state index in [9.17, 15) is 0 Å². The van der Waals surface area contributed by atoms with Crippen LogP contribution in [0.5, 0.6) is 0 Å². The standard InChI is InChI=1S/C10H18N2/c1-2-12(8-3-7-11)9-6-10-4-5-10/h10H,2-6,8-9H2,1H3. The van der Waals surface area contributed by atoms with Gasteiger partial charge in [0.15, 0.2) is 0 Å². The van der Waals surface area contributed by atoms with Gasteiger partial charge in [-0.1, -0.05) is 19.8 Å². The summed E-state index contributed by atoms with van der Waals surface area (Å²) < 4.78 is 0. The Kier molecular flexibility index (Phi) is 4.10. The highest BCUT2D eigenvalue weighted by Crippen LogP contribution is 2.32. The molecule has 0 aliphatic heterocycles. The molecule has 0 aromatic heterocycles. The zero-order valence-corrected chi connectivity index (χ0v) is 7.92. The molecule has 2 heteroatoms. The van der Waals surface area contributed by atoms with Gasteiger partial charge in [0.25, 0.3) is 0 Å². The lowest BCUT2D eigenvalue weighted by Crippen LogP contribution is -2.25. The van der Waals surface area contributed by atoms with Crippen LogP contribution in [0.3, 0.4) is 0 Å². The van der Waals surface area contributed by atoms with Crippen molar-refractivity contribution in [3.63, 3.8) is 0 Å². The molecular weight excluding hydrogens is 148 g/mol. The maximum Gasteiger partial charge on any atom is 0.0635 e. The summed E-state index contributed by atoms with van der Waals surface area (Å²) in [4.78, 5) is 2.38. The van der Waals surface area contributed by atoms with Gasteiger partial charge in [-0.25, -0.2) is 0 Å². The summed E-state index contributed by atoms with van der Waals surface area (Å²) >= 11 is 0. The van der Waals surface area contributed by atoms with E-state index in [1.165, 1.54) is 25.8 Å². The van der Waals surface area contributed by atoms with Gasteiger partial charge >= 0.3 is 0 Å². The number of rotatable bonds is 6. The number of hydrogen-bond donors (Lipinski definition) is 0. The second kappa shape index (κ2) is 5.16. The van der Waals surface area contributed by atoms with Crippen LogP contribution < -0.4 is 0 Å². The molecule has 0 radical (unpaired) electrons. The molecule has 1 fully saturated rings. The van der Waals surface area contributed by atoms with E-state index in [1.54, 1.807) is 0 Å². The van der Waals surface area contributed by atoms with Crippen LogP contribution in [-0.2, 0) is 0 Å². The Morgan fingerprint density at radius 3 is 2.67 bits per heavy atom. The summed E-state index contributed by atoms with van der Waals surface area (Å²) in [5.41, 5.74) is 0. The van der Waals surface area contributed by atoms with Crippen LogP contribution in [0.1, 0.15) is 32.6 Å². The third-order valence-electron chi connectivity index (χ3n) is 2.54. The van der Waals surface area contributed by atoms with Crippen LogP contribution in [0.25, 0.3) is 0 Å². The van der Waals surface area contributed by atoms with E-state index in [0.29, 0.717) is 6.42 Å². The third kappa shape index (κ3) is 3.73. The van der Waals surface area contributed by atoms with Crippen LogP contribution >= 0.6 is 0 Å². The summed E-state index contributed by atoms with van der Waals surface area (Å²) in [6.45, 7) is 5.42. The van der Waals surface area contributed by atoms with Crippen molar-refractivity contribution in [2.75, 3.05) is 19.6 Å². The second-order valence-electron chi connectivity index (χ2n) is 3.57. The first kappa shape index (κ1) is 9.54. The lowest BCUT2D eigenvalue weighted by molar-refractivity contribution is 0.285. The molecule has 0 N–H and O–H groups in total. The summed E-state index contributed by atoms with van der Waals surface area (Å²) in [5, 5.41) is 8.42. The molecule has 1 saturated carbocycles. The van der Waals surface area contributed by atoms with Crippen molar-refractivity contribution in [1.29, 1.82) is 5.26 Å². The van der Waals surface area contributed by atoms with Gasteiger partial charge in [0.2, 0.25) is 0 Å². The molecule has 12 heavy (non-hydrogen) atoms. The largest absolute Gasteiger partial charge is 0.303 e. The zero-order chi connectivity index (χ0) is 8.81. The normalized spacial score (nSPS) is 16.4. The van der Waals surface area contributed by atoms with Crippen molar-refractivity contribution >= 4 is 0 Å². The summed E-state index contributed by atoms with van der Waals surface area (Å²) in [7, 11) is 0. The Bertz CT molecular complexity index is 156. The van der Waals surface area contributed by atoms with E-state index in [4.69, 9.17) is 5.26 Å². The van der Waals surface area contributed by atoms with Crippen LogP contribution in [-0.4, -0.2) is 24.5 Å². The smallest absolute Gasteiger partial charge is 0.0635 e. The molecule has 0 spiro atoms. The van der Waals surface area contributed by atoms with Crippen molar-refractivity contribution in [3.8, 4) is 6.07 Å². The molecule has 1 rings (SSSR count). The molecule has 0 aromatic rings. The molecule has 0 aromatic carbocycles. The Morgan fingerprint density at radius 2 is 2.17 bits per heavy atom. The maximum absolute atomic E-state index is 8.42. The van der Waals surface area contributed by atoms with Gasteiger partial charge in [-0.2, -0.15) is 5.26 Å². The van der Waals surface area contributed by atoms with Crippen molar-refractivity contribution in [2.45, 2.75) is 32.6 Å². The number of hydrogen-bond acceptors (Lipinski definition) is 2. The SMILES string of the molecule is CCN(CCC#N)CCC1CC1. The Balaban J connectivity index is 2.02. The van der Waals surface area contributed by atoms with E-state index in [-0.39, 0.29) is 0 Å². The summed E-state index contributed by atoms with van der Waals surface area (Å²) in [5.74, 6) is 1.01. The second-order valence-corrected chi connectivity index (χ2v) is 3.57. The topological polar surface area (TPSA) is 27.0 Å². The van der Waals surface area contributed by atoms with Gasteiger partial charge in [-0.3, -0.25) is 0 Å². The van der Waals surface area contributed by atoms with Gasteiger partial charge in [0.1, 0.15) is 0 Å². The minimum absolute atomic E-state index is 0.679. The summed E-state index contributed by atoms with van der Waals surface area (Å²) in [6.07, 6.45) is 4.91. The fourth-order valence-electron chi connectivity index (χ4n) is 1.41. The van der Waals surface area contributed by atoms with Crippen molar-refractivity contribution in [2.24, 2.45) is 5.92 Å². The molecule has 0 amide bonds. The van der Waals surface area contributed by atoms with E-state index in [1.807, 2.05) is 0 Å². The Morgan fingerprint density at radius 1 is 1.42 bits per heavy atom. The zero-order valence-electron chi connectivity index (χ0n) is 7.92. The highest BCUT2D eigenvalue weighted by Gasteiger charge is 2.21. The lowest BCUT2D eigenvalue weighted by Gasteiger charge is -2.18. The number of nitriles is 1. The van der Waals surface area contributed by atoms with Crippen LogP contribution in [0.15, 0.2) is 0 Å². The molecule has 0 unspecified atom stereocenters. The molecule has 0 atom stereocenters. The van der Waals surface area contributed by atoms with Gasteiger partial charge < -0.3 is 4.90 Å². The molecule has 1 aliphatic carbocycles. The van der Waals surface area contributed by atoms with Gasteiger partial charge in [-0.15, -0.1) is 0 Å². The van der Waals surface area contributed by atoms with Crippen molar-refractivity contribution in [3.05, 3.63) is 0 Å². The monoisotopic (exact) mass is 166 g/mol. The fourth-order valence-corrected chi connectivity index (χ4v) is 1.41. The van der Waals surface area contributed by atoms with Crippen LogP contribution in [0, 0.1) is 17.2 Å². The molecule has 0 heterocycles. The first-order chi connectivity index (χ1) is 5.86. The maximum atomic E-state index is 8.42. The third-order valence-corrected chi connectivity index (χ3v) is 2.54. The fraction of sp³-hybridized carbons (Fsp3) is 0.900. The van der Waals surface area contributed by atoms with Crippen molar-refractivity contribution in [1.82, 2.24) is 4.90 Å². The predicted molar refractivity (Wildman–Crippen MR) is 49.7 cm³/mol. The first-order valence-corrected chi connectivity index (χ1v) is 4.96. The highest BCUT2D eigenvalue weighted by molar-refractivity contribution is 4.76. The Hall–Kier alpha value is -0.550. The van der Waals surface area contributed by atoms with Gasteiger partial charge in [0, 0.05) is 13.0 Å². The molecule has 0 saturated heterocycles. The lowest BCUT2D eigenvalue weighted by atomic mass is 10.2. The van der Waals surface area contributed by atoms with Gasteiger partial charge in [0.05, 0.1) is 6.07 Å². The Labute approximate surface area is 75.2 Å². The molecule has 0 bridgehead atoms. The van der Waals surface area contributed by atoms with E-state index in [0.717, 1.165) is 19.0 Å². The van der Waals surface area contributed by atoms with E-state index < -0.39 is 0 Å². The quantitative estimate of drug-likeness (QED) is 0.603. The minimum atomic E-state index is 0.679. The van der Waals surface area contributed by atoms with Crippen LogP contribution in [0.2, 0.25) is 0 Å². The molecule has 2 nitrogen and oxygen atoms in total. The van der Waals surface area contributed by atoms with Gasteiger partial charge in [-0.05, 0) is 25.4 Å². The first-order valence-electron chi connectivity index (χ1n) is 4.96. The average Bonchev–Trinajstić information content (AvgIpc) is 2.89. The highest BCUT2D eigenvalue weighted by atomic mass is 15.1.